The van der Waals surface area contributed by atoms with Gasteiger partial charge in [-0.3, -0.25) is 0 Å². The molecule has 2 aromatic carbocycles. The number of hydrogen-bond donors (Lipinski definition) is 2. The van der Waals surface area contributed by atoms with Crippen molar-refractivity contribution in [3.8, 4) is 11.5 Å². The molecule has 3 aromatic rings. The van der Waals surface area contributed by atoms with Gasteiger partial charge in [0, 0.05) is 17.0 Å². The molecular formula is C21H22F2N2O4. The number of halogens is 2. The van der Waals surface area contributed by atoms with Gasteiger partial charge >= 0.3 is 6.03 Å². The van der Waals surface area contributed by atoms with Crippen molar-refractivity contribution in [2.75, 3.05) is 20.3 Å². The number of ether oxygens (including phenoxy) is 2. The number of fused-ring (bicyclic) bond motifs is 1. The fraction of sp³-hybridized carbons (Fsp3) is 0.286. The van der Waals surface area contributed by atoms with E-state index in [-0.39, 0.29) is 24.9 Å². The van der Waals surface area contributed by atoms with Gasteiger partial charge in [0.25, 0.3) is 0 Å². The topological polar surface area (TPSA) is 72.7 Å². The monoisotopic (exact) mass is 404 g/mol. The molecule has 8 heteroatoms. The van der Waals surface area contributed by atoms with E-state index in [1.54, 1.807) is 7.11 Å². The summed E-state index contributed by atoms with van der Waals surface area (Å²) in [6, 6.07) is 7.77. The van der Waals surface area contributed by atoms with Crippen molar-refractivity contribution < 1.29 is 27.5 Å². The number of amides is 2. The smallest absolute Gasteiger partial charge is 0.315 e. The Labute approximate surface area is 166 Å². The Morgan fingerprint density at radius 1 is 1.21 bits per heavy atom. The summed E-state index contributed by atoms with van der Waals surface area (Å²) in [6.07, 6.45) is 0. The molecule has 0 saturated carbocycles. The van der Waals surface area contributed by atoms with E-state index in [2.05, 4.69) is 10.6 Å². The first-order chi connectivity index (χ1) is 13.9. The SMILES string of the molecule is COc1ccc2oc(C(C)NC(=O)NCCOc3ccc(F)cc3F)c(C)c2c1. The second kappa shape index (κ2) is 8.81. The first kappa shape index (κ1) is 20.4. The number of furan rings is 1. The van der Waals surface area contributed by atoms with Crippen LogP contribution in [0, 0.1) is 18.6 Å². The van der Waals surface area contributed by atoms with Crippen molar-refractivity contribution in [2.24, 2.45) is 0 Å². The third-order valence-corrected chi connectivity index (χ3v) is 4.46. The zero-order valence-electron chi connectivity index (χ0n) is 16.3. The summed E-state index contributed by atoms with van der Waals surface area (Å²) < 4.78 is 42.7. The zero-order chi connectivity index (χ0) is 21.0. The van der Waals surface area contributed by atoms with Gasteiger partial charge in [-0.1, -0.05) is 0 Å². The molecule has 0 aliphatic rings. The predicted molar refractivity (Wildman–Crippen MR) is 104 cm³/mol. The van der Waals surface area contributed by atoms with E-state index in [1.807, 2.05) is 32.0 Å². The first-order valence-corrected chi connectivity index (χ1v) is 9.08. The number of methoxy groups -OCH3 is 1. The normalized spacial score (nSPS) is 11.9. The van der Waals surface area contributed by atoms with Crippen molar-refractivity contribution in [1.29, 1.82) is 0 Å². The van der Waals surface area contributed by atoms with Crippen LogP contribution in [-0.2, 0) is 0 Å². The highest BCUT2D eigenvalue weighted by molar-refractivity contribution is 5.84. The number of urea groups is 1. The average Bonchev–Trinajstić information content (AvgIpc) is 3.02. The Morgan fingerprint density at radius 2 is 2.00 bits per heavy atom. The van der Waals surface area contributed by atoms with Crippen LogP contribution in [0.5, 0.6) is 11.5 Å². The Kier molecular flexibility index (Phi) is 6.21. The highest BCUT2D eigenvalue weighted by Crippen LogP contribution is 2.31. The minimum Gasteiger partial charge on any atom is -0.497 e. The van der Waals surface area contributed by atoms with Crippen molar-refractivity contribution in [3.05, 3.63) is 59.4 Å². The largest absolute Gasteiger partial charge is 0.497 e. The highest BCUT2D eigenvalue weighted by atomic mass is 19.1. The molecule has 29 heavy (non-hydrogen) atoms. The van der Waals surface area contributed by atoms with Gasteiger partial charge in [0.1, 0.15) is 29.5 Å². The summed E-state index contributed by atoms with van der Waals surface area (Å²) in [4.78, 5) is 12.1. The van der Waals surface area contributed by atoms with E-state index in [4.69, 9.17) is 13.9 Å². The molecule has 3 rings (SSSR count). The fourth-order valence-electron chi connectivity index (χ4n) is 2.99. The summed E-state index contributed by atoms with van der Waals surface area (Å²) in [7, 11) is 1.60. The molecule has 1 heterocycles. The zero-order valence-corrected chi connectivity index (χ0v) is 16.3. The molecule has 1 unspecified atom stereocenters. The second-order valence-corrected chi connectivity index (χ2v) is 6.50. The molecule has 2 amide bonds. The van der Waals surface area contributed by atoms with E-state index in [0.717, 1.165) is 28.8 Å². The molecule has 1 atom stereocenters. The van der Waals surface area contributed by atoms with Crippen LogP contribution in [0.2, 0.25) is 0 Å². The Balaban J connectivity index is 1.52. The Hall–Kier alpha value is -3.29. The minimum atomic E-state index is -0.792. The molecule has 154 valence electrons. The van der Waals surface area contributed by atoms with Gasteiger partial charge in [0.05, 0.1) is 19.7 Å². The standard InChI is InChI=1S/C21H22F2N2O4/c1-12-16-11-15(27-3)5-7-18(16)29-20(12)13(2)25-21(26)24-8-9-28-19-6-4-14(22)10-17(19)23/h4-7,10-11,13H,8-9H2,1-3H3,(H2,24,25,26). The first-order valence-electron chi connectivity index (χ1n) is 9.08. The van der Waals surface area contributed by atoms with Crippen molar-refractivity contribution in [1.82, 2.24) is 10.6 Å². The molecule has 0 aliphatic heterocycles. The van der Waals surface area contributed by atoms with Crippen LogP contribution >= 0.6 is 0 Å². The van der Waals surface area contributed by atoms with Crippen molar-refractivity contribution in [3.63, 3.8) is 0 Å². The van der Waals surface area contributed by atoms with Crippen LogP contribution in [0.25, 0.3) is 11.0 Å². The van der Waals surface area contributed by atoms with Gasteiger partial charge in [-0.05, 0) is 44.2 Å². The summed E-state index contributed by atoms with van der Waals surface area (Å²) in [5.74, 6) is -0.173. The molecule has 2 N–H and O–H groups in total. The fourth-order valence-corrected chi connectivity index (χ4v) is 2.99. The number of hydrogen-bond acceptors (Lipinski definition) is 4. The summed E-state index contributed by atoms with van der Waals surface area (Å²) in [5, 5.41) is 6.33. The molecule has 0 aliphatic carbocycles. The van der Waals surface area contributed by atoms with Crippen LogP contribution in [0.1, 0.15) is 24.3 Å². The van der Waals surface area contributed by atoms with Crippen molar-refractivity contribution in [2.45, 2.75) is 19.9 Å². The number of benzene rings is 2. The molecular weight excluding hydrogens is 382 g/mol. The number of nitrogens with one attached hydrogen (secondary N) is 2. The van der Waals surface area contributed by atoms with Crippen molar-refractivity contribution >= 4 is 17.0 Å². The summed E-state index contributed by atoms with van der Waals surface area (Å²) in [6.45, 7) is 3.91. The average molecular weight is 404 g/mol. The Morgan fingerprint density at radius 3 is 2.72 bits per heavy atom. The molecule has 0 bridgehead atoms. The van der Waals surface area contributed by atoms with E-state index in [1.165, 1.54) is 6.07 Å². The molecule has 0 saturated heterocycles. The van der Waals surface area contributed by atoms with Gasteiger partial charge in [-0.25, -0.2) is 13.6 Å². The van der Waals surface area contributed by atoms with Gasteiger partial charge < -0.3 is 24.5 Å². The molecule has 0 spiro atoms. The van der Waals surface area contributed by atoms with Gasteiger partial charge in [-0.15, -0.1) is 0 Å². The number of rotatable bonds is 7. The van der Waals surface area contributed by atoms with E-state index >= 15 is 0 Å². The lowest BCUT2D eigenvalue weighted by Crippen LogP contribution is -2.39. The highest BCUT2D eigenvalue weighted by Gasteiger charge is 2.18. The van der Waals surface area contributed by atoms with E-state index < -0.39 is 17.7 Å². The number of carbonyl (C=O) groups is 1. The summed E-state index contributed by atoms with van der Waals surface area (Å²) >= 11 is 0. The van der Waals surface area contributed by atoms with E-state index in [0.29, 0.717) is 11.3 Å². The lowest BCUT2D eigenvalue weighted by atomic mass is 10.1. The predicted octanol–water partition coefficient (Wildman–Crippen LogP) is 4.47. The van der Waals surface area contributed by atoms with Crippen LogP contribution < -0.4 is 20.1 Å². The third-order valence-electron chi connectivity index (χ3n) is 4.46. The maximum Gasteiger partial charge on any atom is 0.315 e. The second-order valence-electron chi connectivity index (χ2n) is 6.50. The third kappa shape index (κ3) is 4.77. The van der Waals surface area contributed by atoms with Crippen LogP contribution in [-0.4, -0.2) is 26.3 Å². The van der Waals surface area contributed by atoms with Crippen LogP contribution in [0.4, 0.5) is 13.6 Å². The van der Waals surface area contributed by atoms with E-state index in [9.17, 15) is 13.6 Å². The molecule has 6 nitrogen and oxygen atoms in total. The van der Waals surface area contributed by atoms with Gasteiger partial charge in [0.2, 0.25) is 0 Å². The lowest BCUT2D eigenvalue weighted by molar-refractivity contribution is 0.231. The minimum absolute atomic E-state index is 0.0355. The molecule has 0 fully saturated rings. The number of aryl methyl sites for hydroxylation is 1. The lowest BCUT2D eigenvalue weighted by Gasteiger charge is -2.14. The summed E-state index contributed by atoms with van der Waals surface area (Å²) in [5.41, 5.74) is 1.63. The quantitative estimate of drug-likeness (QED) is 0.570. The maximum absolute atomic E-state index is 13.5. The van der Waals surface area contributed by atoms with Gasteiger partial charge in [-0.2, -0.15) is 0 Å². The molecule has 0 radical (unpaired) electrons. The maximum atomic E-state index is 13.5. The molecule has 1 aromatic heterocycles. The van der Waals surface area contributed by atoms with Gasteiger partial charge in [0.15, 0.2) is 11.6 Å². The van der Waals surface area contributed by atoms with Crippen LogP contribution in [0.3, 0.4) is 0 Å². The van der Waals surface area contributed by atoms with Crippen LogP contribution in [0.15, 0.2) is 40.8 Å². The Bertz CT molecular complexity index is 1020. The number of carbonyl (C=O) groups excluding carboxylic acids is 1.